The molecular formula is C17H16N2O2. The number of carbonyl (C=O) groups excluding carboxylic acids is 1. The first-order chi connectivity index (χ1) is 9.99. The number of nitriles is 1. The lowest BCUT2D eigenvalue weighted by atomic mass is 10.1. The van der Waals surface area contributed by atoms with Gasteiger partial charge < -0.3 is 9.73 Å². The Bertz CT molecular complexity index is 731. The summed E-state index contributed by atoms with van der Waals surface area (Å²) in [6.07, 6.45) is 1.54. The smallest absolute Gasteiger partial charge is 0.266 e. The Labute approximate surface area is 123 Å². The van der Waals surface area contributed by atoms with Gasteiger partial charge in [-0.3, -0.25) is 4.79 Å². The average Bonchev–Trinajstić information content (AvgIpc) is 2.76. The Morgan fingerprint density at radius 3 is 2.43 bits per heavy atom. The van der Waals surface area contributed by atoms with Crippen LogP contribution in [0.3, 0.4) is 0 Å². The zero-order valence-corrected chi connectivity index (χ0v) is 12.2. The van der Waals surface area contributed by atoms with E-state index >= 15 is 0 Å². The molecule has 0 atom stereocenters. The number of rotatable bonds is 3. The van der Waals surface area contributed by atoms with Gasteiger partial charge >= 0.3 is 0 Å². The zero-order valence-electron chi connectivity index (χ0n) is 12.2. The van der Waals surface area contributed by atoms with E-state index in [-0.39, 0.29) is 5.57 Å². The van der Waals surface area contributed by atoms with Gasteiger partial charge in [0.25, 0.3) is 5.91 Å². The third-order valence-corrected chi connectivity index (χ3v) is 3.05. The fourth-order valence-corrected chi connectivity index (χ4v) is 1.93. The lowest BCUT2D eigenvalue weighted by molar-refractivity contribution is -0.112. The number of aryl methyl sites for hydroxylation is 3. The van der Waals surface area contributed by atoms with Crippen molar-refractivity contribution in [2.24, 2.45) is 0 Å². The highest BCUT2D eigenvalue weighted by Gasteiger charge is 2.11. The summed E-state index contributed by atoms with van der Waals surface area (Å²) in [5.41, 5.74) is 2.54. The number of furan rings is 1. The Morgan fingerprint density at radius 2 is 1.90 bits per heavy atom. The van der Waals surface area contributed by atoms with Crippen molar-refractivity contribution in [3.8, 4) is 6.07 Å². The molecule has 106 valence electrons. The Kier molecular flexibility index (Phi) is 4.24. The predicted molar refractivity (Wildman–Crippen MR) is 81.6 cm³/mol. The molecule has 2 rings (SSSR count). The summed E-state index contributed by atoms with van der Waals surface area (Å²) in [5.74, 6) is 0.998. The molecule has 4 heteroatoms. The summed E-state index contributed by atoms with van der Waals surface area (Å²) in [6.45, 7) is 5.59. The van der Waals surface area contributed by atoms with Crippen LogP contribution in [0.25, 0.3) is 6.08 Å². The maximum absolute atomic E-state index is 12.1. The van der Waals surface area contributed by atoms with Crippen molar-refractivity contribution in [1.29, 1.82) is 5.26 Å². The molecule has 2 aromatic rings. The first-order valence-electron chi connectivity index (χ1n) is 6.56. The van der Waals surface area contributed by atoms with E-state index in [1.807, 2.05) is 32.0 Å². The van der Waals surface area contributed by atoms with Gasteiger partial charge in [0, 0.05) is 11.3 Å². The van der Waals surface area contributed by atoms with Gasteiger partial charge in [-0.2, -0.15) is 5.26 Å². The Balaban J connectivity index is 2.21. The zero-order chi connectivity index (χ0) is 15.4. The molecule has 21 heavy (non-hydrogen) atoms. The van der Waals surface area contributed by atoms with Gasteiger partial charge in [0.2, 0.25) is 0 Å². The number of benzene rings is 1. The minimum atomic E-state index is -0.431. The van der Waals surface area contributed by atoms with Crippen LogP contribution in [0.4, 0.5) is 5.69 Å². The normalized spacial score (nSPS) is 11.0. The molecule has 1 amide bonds. The van der Waals surface area contributed by atoms with Gasteiger partial charge in [0.15, 0.2) is 0 Å². The van der Waals surface area contributed by atoms with Crippen LogP contribution in [-0.4, -0.2) is 5.91 Å². The third kappa shape index (κ3) is 3.61. The van der Waals surface area contributed by atoms with Crippen molar-refractivity contribution in [2.45, 2.75) is 20.8 Å². The molecule has 0 aliphatic rings. The highest BCUT2D eigenvalue weighted by Crippen LogP contribution is 2.18. The van der Waals surface area contributed by atoms with Crippen molar-refractivity contribution < 1.29 is 9.21 Å². The van der Waals surface area contributed by atoms with E-state index < -0.39 is 5.91 Å². The van der Waals surface area contributed by atoms with Crippen LogP contribution in [0.15, 0.2) is 40.3 Å². The number of hydrogen-bond acceptors (Lipinski definition) is 3. The molecule has 0 saturated heterocycles. The van der Waals surface area contributed by atoms with Crippen molar-refractivity contribution >= 4 is 17.7 Å². The van der Waals surface area contributed by atoms with Crippen LogP contribution in [0.5, 0.6) is 0 Å². The van der Waals surface area contributed by atoms with Crippen LogP contribution < -0.4 is 5.32 Å². The first kappa shape index (κ1) is 14.6. The molecule has 1 aromatic heterocycles. The molecular weight excluding hydrogens is 264 g/mol. The number of carbonyl (C=O) groups is 1. The fraction of sp³-hybridized carbons (Fsp3) is 0.176. The van der Waals surface area contributed by atoms with E-state index in [4.69, 9.17) is 9.68 Å². The second-order valence-electron chi connectivity index (χ2n) is 4.86. The predicted octanol–water partition coefficient (Wildman–Crippen LogP) is 3.75. The van der Waals surface area contributed by atoms with Crippen LogP contribution in [-0.2, 0) is 4.79 Å². The molecule has 0 spiro atoms. The second-order valence-corrected chi connectivity index (χ2v) is 4.86. The van der Waals surface area contributed by atoms with Crippen molar-refractivity contribution in [1.82, 2.24) is 0 Å². The molecule has 0 unspecified atom stereocenters. The minimum absolute atomic E-state index is 0.0412. The number of nitrogens with one attached hydrogen (secondary N) is 1. The SMILES string of the molecule is Cc1ccc(NC(=O)/C(C#N)=C\c2cc(C)oc2C)cc1. The third-order valence-electron chi connectivity index (χ3n) is 3.05. The van der Waals surface area contributed by atoms with Gasteiger partial charge in [0.05, 0.1) is 0 Å². The summed E-state index contributed by atoms with van der Waals surface area (Å²) in [6, 6.07) is 11.1. The van der Waals surface area contributed by atoms with Gasteiger partial charge in [-0.1, -0.05) is 17.7 Å². The second kappa shape index (κ2) is 6.10. The quantitative estimate of drug-likeness (QED) is 0.687. The van der Waals surface area contributed by atoms with Gasteiger partial charge in [-0.05, 0) is 45.0 Å². The average molecular weight is 280 g/mol. The largest absolute Gasteiger partial charge is 0.466 e. The van der Waals surface area contributed by atoms with Crippen molar-refractivity contribution in [3.63, 3.8) is 0 Å². The molecule has 0 fully saturated rings. The summed E-state index contributed by atoms with van der Waals surface area (Å²) < 4.78 is 5.39. The first-order valence-corrected chi connectivity index (χ1v) is 6.56. The van der Waals surface area contributed by atoms with E-state index in [0.29, 0.717) is 11.4 Å². The molecule has 0 radical (unpaired) electrons. The molecule has 1 N–H and O–H groups in total. The van der Waals surface area contributed by atoms with Crippen LogP contribution in [0.1, 0.15) is 22.6 Å². The lowest BCUT2D eigenvalue weighted by Crippen LogP contribution is -2.13. The molecule has 4 nitrogen and oxygen atoms in total. The lowest BCUT2D eigenvalue weighted by Gasteiger charge is -2.04. The number of amides is 1. The number of anilines is 1. The van der Waals surface area contributed by atoms with Crippen LogP contribution in [0.2, 0.25) is 0 Å². The standard InChI is InChI=1S/C17H16N2O2/c1-11-4-6-16(7-5-11)19-17(20)15(10-18)9-14-8-12(2)21-13(14)3/h4-9H,1-3H3,(H,19,20)/b15-9-. The van der Waals surface area contributed by atoms with E-state index in [0.717, 1.165) is 16.9 Å². The van der Waals surface area contributed by atoms with E-state index in [2.05, 4.69) is 5.32 Å². The van der Waals surface area contributed by atoms with Crippen LogP contribution >= 0.6 is 0 Å². The summed E-state index contributed by atoms with van der Waals surface area (Å²) in [4.78, 5) is 12.1. The van der Waals surface area contributed by atoms with Gasteiger partial charge in [-0.15, -0.1) is 0 Å². The van der Waals surface area contributed by atoms with Crippen LogP contribution in [0, 0.1) is 32.1 Å². The number of nitrogens with zero attached hydrogens (tertiary/aromatic N) is 1. The van der Waals surface area contributed by atoms with Gasteiger partial charge in [-0.25, -0.2) is 0 Å². The maximum Gasteiger partial charge on any atom is 0.266 e. The topological polar surface area (TPSA) is 66.0 Å². The molecule has 0 saturated carbocycles. The van der Waals surface area contributed by atoms with E-state index in [1.54, 1.807) is 25.1 Å². The van der Waals surface area contributed by atoms with E-state index in [9.17, 15) is 4.79 Å². The highest BCUT2D eigenvalue weighted by molar-refractivity contribution is 6.09. The summed E-state index contributed by atoms with van der Waals surface area (Å²) >= 11 is 0. The fourth-order valence-electron chi connectivity index (χ4n) is 1.93. The Hall–Kier alpha value is -2.80. The van der Waals surface area contributed by atoms with Crippen molar-refractivity contribution in [2.75, 3.05) is 5.32 Å². The van der Waals surface area contributed by atoms with Gasteiger partial charge in [0.1, 0.15) is 23.2 Å². The maximum atomic E-state index is 12.1. The monoisotopic (exact) mass is 280 g/mol. The molecule has 0 bridgehead atoms. The molecule has 1 heterocycles. The highest BCUT2D eigenvalue weighted by atomic mass is 16.3. The molecule has 1 aromatic carbocycles. The Morgan fingerprint density at radius 1 is 1.24 bits per heavy atom. The minimum Gasteiger partial charge on any atom is -0.466 e. The summed E-state index contributed by atoms with van der Waals surface area (Å²) in [5, 5.41) is 11.9. The number of hydrogen-bond donors (Lipinski definition) is 1. The summed E-state index contributed by atoms with van der Waals surface area (Å²) in [7, 11) is 0. The molecule has 0 aliphatic carbocycles. The van der Waals surface area contributed by atoms with E-state index in [1.165, 1.54) is 6.08 Å². The van der Waals surface area contributed by atoms with Crippen molar-refractivity contribution in [3.05, 3.63) is 58.6 Å². The molecule has 0 aliphatic heterocycles.